The van der Waals surface area contributed by atoms with Gasteiger partial charge in [-0.05, 0) is 36.2 Å². The molecule has 0 aliphatic rings. The van der Waals surface area contributed by atoms with Crippen LogP contribution in [-0.4, -0.2) is 10.9 Å². The molecule has 1 aromatic carbocycles. The number of nitrogens with one attached hydrogen (secondary N) is 1. The van der Waals surface area contributed by atoms with Gasteiger partial charge >= 0.3 is 0 Å². The summed E-state index contributed by atoms with van der Waals surface area (Å²) in [5.74, 6) is 0.0283. The van der Waals surface area contributed by atoms with E-state index in [1.165, 1.54) is 0 Å². The first kappa shape index (κ1) is 13.6. The van der Waals surface area contributed by atoms with Crippen LogP contribution in [0.25, 0.3) is 0 Å². The van der Waals surface area contributed by atoms with Crippen molar-refractivity contribution < 1.29 is 4.79 Å². The third kappa shape index (κ3) is 4.72. The molecule has 4 heteroatoms. The van der Waals surface area contributed by atoms with Gasteiger partial charge in [-0.15, -0.1) is 0 Å². The molecule has 0 aliphatic carbocycles. The Morgan fingerprint density at radius 3 is 2.63 bits per heavy atom. The fourth-order valence-electron chi connectivity index (χ4n) is 1.68. The molecule has 0 unspecified atom stereocenters. The first-order chi connectivity index (χ1) is 9.24. The van der Waals surface area contributed by atoms with Crippen molar-refractivity contribution in [2.24, 2.45) is 0 Å². The van der Waals surface area contributed by atoms with Crippen molar-refractivity contribution in [3.8, 4) is 0 Å². The second-order valence-corrected chi connectivity index (χ2v) is 4.66. The molecule has 1 heterocycles. The number of benzene rings is 1. The Bertz CT molecular complexity index is 526. The molecule has 3 nitrogen and oxygen atoms in total. The second-order valence-electron chi connectivity index (χ2n) is 4.22. The largest absolute Gasteiger partial charge is 0.352 e. The molecule has 0 atom stereocenters. The standard InChI is InChI=1S/C15H15ClN2O/c16-13-6-4-12(5-7-13)11-18-15(19)9-8-14-3-1-2-10-17-14/h1-7,10H,8-9,11H2,(H,18,19). The van der Waals surface area contributed by atoms with Crippen molar-refractivity contribution in [1.82, 2.24) is 10.3 Å². The molecule has 0 bridgehead atoms. The summed E-state index contributed by atoms with van der Waals surface area (Å²) < 4.78 is 0. The van der Waals surface area contributed by atoms with Crippen LogP contribution in [-0.2, 0) is 17.8 Å². The van der Waals surface area contributed by atoms with E-state index >= 15 is 0 Å². The van der Waals surface area contributed by atoms with Crippen molar-refractivity contribution in [2.75, 3.05) is 0 Å². The van der Waals surface area contributed by atoms with E-state index in [9.17, 15) is 4.79 Å². The lowest BCUT2D eigenvalue weighted by Crippen LogP contribution is -2.23. The number of aryl methyl sites for hydroxylation is 1. The van der Waals surface area contributed by atoms with Gasteiger partial charge in [0, 0.05) is 29.9 Å². The molecule has 0 spiro atoms. The average Bonchev–Trinajstić information content (AvgIpc) is 2.45. The Hall–Kier alpha value is -1.87. The van der Waals surface area contributed by atoms with E-state index in [1.807, 2.05) is 42.5 Å². The normalized spacial score (nSPS) is 10.2. The fourth-order valence-corrected chi connectivity index (χ4v) is 1.80. The molecule has 1 N–H and O–H groups in total. The molecule has 0 radical (unpaired) electrons. The third-order valence-corrected chi connectivity index (χ3v) is 2.99. The highest BCUT2D eigenvalue weighted by molar-refractivity contribution is 6.30. The van der Waals surface area contributed by atoms with Crippen molar-refractivity contribution in [3.63, 3.8) is 0 Å². The van der Waals surface area contributed by atoms with Gasteiger partial charge in [0.05, 0.1) is 0 Å². The first-order valence-corrected chi connectivity index (χ1v) is 6.53. The maximum atomic E-state index is 11.7. The van der Waals surface area contributed by atoms with Gasteiger partial charge in [0.25, 0.3) is 0 Å². The van der Waals surface area contributed by atoms with Crippen molar-refractivity contribution in [2.45, 2.75) is 19.4 Å². The Kier molecular flexibility index (Phi) is 4.93. The SMILES string of the molecule is O=C(CCc1ccccn1)NCc1ccc(Cl)cc1. The zero-order chi connectivity index (χ0) is 13.5. The third-order valence-electron chi connectivity index (χ3n) is 2.74. The summed E-state index contributed by atoms with van der Waals surface area (Å²) in [6.45, 7) is 0.526. The monoisotopic (exact) mass is 274 g/mol. The minimum absolute atomic E-state index is 0.0283. The van der Waals surface area contributed by atoms with Crippen LogP contribution in [0.5, 0.6) is 0 Å². The van der Waals surface area contributed by atoms with Crippen LogP contribution < -0.4 is 5.32 Å². The highest BCUT2D eigenvalue weighted by Gasteiger charge is 2.02. The molecule has 0 aliphatic heterocycles. The number of carbonyl (C=O) groups excluding carboxylic acids is 1. The fraction of sp³-hybridized carbons (Fsp3) is 0.200. The van der Waals surface area contributed by atoms with E-state index in [0.29, 0.717) is 24.4 Å². The summed E-state index contributed by atoms with van der Waals surface area (Å²) in [4.78, 5) is 15.9. The van der Waals surface area contributed by atoms with Crippen LogP contribution in [0.3, 0.4) is 0 Å². The van der Waals surface area contributed by atoms with Gasteiger partial charge in [0.1, 0.15) is 0 Å². The number of nitrogens with zero attached hydrogens (tertiary/aromatic N) is 1. The zero-order valence-corrected chi connectivity index (χ0v) is 11.2. The van der Waals surface area contributed by atoms with E-state index < -0.39 is 0 Å². The summed E-state index contributed by atoms with van der Waals surface area (Å²) in [5.41, 5.74) is 1.97. The Labute approximate surface area is 117 Å². The predicted octanol–water partition coefficient (Wildman–Crippen LogP) is 2.98. The molecule has 0 saturated carbocycles. The lowest BCUT2D eigenvalue weighted by molar-refractivity contribution is -0.121. The summed E-state index contributed by atoms with van der Waals surface area (Å²) in [5, 5.41) is 3.58. The average molecular weight is 275 g/mol. The Morgan fingerprint density at radius 1 is 1.16 bits per heavy atom. The van der Waals surface area contributed by atoms with Crippen LogP contribution in [0.2, 0.25) is 5.02 Å². The molecular formula is C15H15ClN2O. The summed E-state index contributed by atoms with van der Waals surface area (Å²) in [6, 6.07) is 13.2. The first-order valence-electron chi connectivity index (χ1n) is 6.15. The molecule has 19 heavy (non-hydrogen) atoms. The second kappa shape index (κ2) is 6.90. The number of amides is 1. The van der Waals surface area contributed by atoms with Crippen LogP contribution >= 0.6 is 11.6 Å². The van der Waals surface area contributed by atoms with Gasteiger partial charge in [-0.3, -0.25) is 9.78 Å². The molecule has 1 amide bonds. The van der Waals surface area contributed by atoms with Gasteiger partial charge in [-0.2, -0.15) is 0 Å². The molecule has 2 rings (SSSR count). The Morgan fingerprint density at radius 2 is 1.95 bits per heavy atom. The molecule has 0 fully saturated rings. The summed E-state index contributed by atoms with van der Waals surface area (Å²) in [6.07, 6.45) is 2.85. The van der Waals surface area contributed by atoms with Crippen LogP contribution in [0.15, 0.2) is 48.7 Å². The lowest BCUT2D eigenvalue weighted by Gasteiger charge is -2.05. The number of hydrogen-bond donors (Lipinski definition) is 1. The molecule has 0 saturated heterocycles. The van der Waals surface area contributed by atoms with Gasteiger partial charge < -0.3 is 5.32 Å². The van der Waals surface area contributed by atoms with Crippen molar-refractivity contribution in [1.29, 1.82) is 0 Å². The van der Waals surface area contributed by atoms with Gasteiger partial charge in [-0.1, -0.05) is 29.8 Å². The van der Waals surface area contributed by atoms with Crippen LogP contribution in [0.1, 0.15) is 17.7 Å². The summed E-state index contributed by atoms with van der Waals surface area (Å²) >= 11 is 5.80. The number of aromatic nitrogens is 1. The minimum atomic E-state index is 0.0283. The number of rotatable bonds is 5. The zero-order valence-electron chi connectivity index (χ0n) is 10.5. The highest BCUT2D eigenvalue weighted by atomic mass is 35.5. The maximum Gasteiger partial charge on any atom is 0.220 e. The topological polar surface area (TPSA) is 42.0 Å². The molecule has 1 aromatic heterocycles. The summed E-state index contributed by atoms with van der Waals surface area (Å²) in [7, 11) is 0. The molecule has 98 valence electrons. The van der Waals surface area contributed by atoms with E-state index in [0.717, 1.165) is 11.3 Å². The van der Waals surface area contributed by atoms with E-state index in [1.54, 1.807) is 6.20 Å². The van der Waals surface area contributed by atoms with E-state index in [4.69, 9.17) is 11.6 Å². The number of pyridine rings is 1. The highest BCUT2D eigenvalue weighted by Crippen LogP contribution is 2.09. The number of hydrogen-bond acceptors (Lipinski definition) is 2. The van der Waals surface area contributed by atoms with Crippen LogP contribution in [0, 0.1) is 0 Å². The van der Waals surface area contributed by atoms with Crippen LogP contribution in [0.4, 0.5) is 0 Å². The molecular weight excluding hydrogens is 260 g/mol. The predicted molar refractivity (Wildman–Crippen MR) is 75.9 cm³/mol. The number of carbonyl (C=O) groups is 1. The maximum absolute atomic E-state index is 11.7. The lowest BCUT2D eigenvalue weighted by atomic mass is 10.2. The Balaban J connectivity index is 1.74. The van der Waals surface area contributed by atoms with E-state index in [2.05, 4.69) is 10.3 Å². The van der Waals surface area contributed by atoms with Gasteiger partial charge in [-0.25, -0.2) is 0 Å². The van der Waals surface area contributed by atoms with Gasteiger partial charge in [0.2, 0.25) is 5.91 Å². The quantitative estimate of drug-likeness (QED) is 0.911. The van der Waals surface area contributed by atoms with Crippen molar-refractivity contribution in [3.05, 3.63) is 64.9 Å². The molecule has 2 aromatic rings. The van der Waals surface area contributed by atoms with Crippen molar-refractivity contribution >= 4 is 17.5 Å². The van der Waals surface area contributed by atoms with Gasteiger partial charge in [0.15, 0.2) is 0 Å². The van der Waals surface area contributed by atoms with E-state index in [-0.39, 0.29) is 5.91 Å². The number of halogens is 1. The smallest absolute Gasteiger partial charge is 0.220 e. The minimum Gasteiger partial charge on any atom is -0.352 e.